The average Bonchev–Trinajstić information content (AvgIpc) is 2.92. The smallest absolute Gasteiger partial charge is 0.343 e. The van der Waals surface area contributed by atoms with Crippen molar-refractivity contribution < 1.29 is 9.53 Å². The number of carbonyl (C=O) groups is 1. The van der Waals surface area contributed by atoms with Crippen molar-refractivity contribution in [2.24, 2.45) is 0 Å². The van der Waals surface area contributed by atoms with Crippen LogP contribution in [0.15, 0.2) is 24.9 Å². The van der Waals surface area contributed by atoms with E-state index in [-0.39, 0.29) is 0 Å². The molecular formula is C10H12N6O2. The summed E-state index contributed by atoms with van der Waals surface area (Å²) >= 11 is 0. The van der Waals surface area contributed by atoms with Crippen LogP contribution in [0.3, 0.4) is 0 Å². The third kappa shape index (κ3) is 2.78. The fourth-order valence-corrected chi connectivity index (χ4v) is 1.37. The number of aromatic nitrogens is 5. The summed E-state index contributed by atoms with van der Waals surface area (Å²) in [5.41, 5.74) is 0.304. The Balaban J connectivity index is 1.98. The largest absolute Gasteiger partial charge is 0.465 e. The first kappa shape index (κ1) is 12.0. The molecule has 18 heavy (non-hydrogen) atoms. The standard InChI is InChI=1S/C10H12N6O2/c1-18-10(17)8-6-11-7-13-9(8)12-2-4-16-5-3-14-15-16/h3,5-7H,2,4H2,1H3,(H,11,12,13). The summed E-state index contributed by atoms with van der Waals surface area (Å²) in [6.45, 7) is 1.18. The monoisotopic (exact) mass is 248 g/mol. The van der Waals surface area contributed by atoms with Gasteiger partial charge in [0.1, 0.15) is 17.7 Å². The number of hydrogen-bond donors (Lipinski definition) is 1. The number of nitrogens with one attached hydrogen (secondary N) is 1. The lowest BCUT2D eigenvalue weighted by Gasteiger charge is -2.08. The zero-order valence-corrected chi connectivity index (χ0v) is 9.78. The lowest BCUT2D eigenvalue weighted by Crippen LogP contribution is -2.15. The van der Waals surface area contributed by atoms with Gasteiger partial charge in [-0.05, 0) is 0 Å². The molecule has 0 fully saturated rings. The molecule has 0 amide bonds. The molecule has 8 nitrogen and oxygen atoms in total. The van der Waals surface area contributed by atoms with Gasteiger partial charge in [-0.3, -0.25) is 4.68 Å². The highest BCUT2D eigenvalue weighted by Crippen LogP contribution is 2.10. The minimum absolute atomic E-state index is 0.304. The van der Waals surface area contributed by atoms with Crippen molar-refractivity contribution >= 4 is 11.8 Å². The Morgan fingerprint density at radius 3 is 3.17 bits per heavy atom. The van der Waals surface area contributed by atoms with Gasteiger partial charge in [-0.15, -0.1) is 5.10 Å². The molecule has 0 spiro atoms. The van der Waals surface area contributed by atoms with Crippen LogP contribution in [0.5, 0.6) is 0 Å². The molecule has 0 aliphatic carbocycles. The highest BCUT2D eigenvalue weighted by molar-refractivity contribution is 5.94. The van der Waals surface area contributed by atoms with E-state index in [1.807, 2.05) is 0 Å². The van der Waals surface area contributed by atoms with Crippen molar-refractivity contribution in [1.29, 1.82) is 0 Å². The van der Waals surface area contributed by atoms with E-state index < -0.39 is 5.97 Å². The van der Waals surface area contributed by atoms with E-state index in [0.29, 0.717) is 24.5 Å². The average molecular weight is 248 g/mol. The van der Waals surface area contributed by atoms with E-state index in [9.17, 15) is 4.79 Å². The molecule has 0 aliphatic heterocycles. The van der Waals surface area contributed by atoms with Crippen molar-refractivity contribution in [1.82, 2.24) is 25.0 Å². The fraction of sp³-hybridized carbons (Fsp3) is 0.300. The number of nitrogens with zero attached hydrogens (tertiary/aromatic N) is 5. The van der Waals surface area contributed by atoms with Crippen molar-refractivity contribution in [3.05, 3.63) is 30.5 Å². The molecule has 0 bridgehead atoms. The highest BCUT2D eigenvalue weighted by Gasteiger charge is 2.12. The van der Waals surface area contributed by atoms with Crippen LogP contribution < -0.4 is 5.32 Å². The fourth-order valence-electron chi connectivity index (χ4n) is 1.37. The van der Waals surface area contributed by atoms with Gasteiger partial charge in [-0.2, -0.15) is 0 Å². The van der Waals surface area contributed by atoms with Crippen LogP contribution in [-0.2, 0) is 11.3 Å². The van der Waals surface area contributed by atoms with Crippen LogP contribution in [0.2, 0.25) is 0 Å². The van der Waals surface area contributed by atoms with Crippen LogP contribution in [0.25, 0.3) is 0 Å². The molecule has 0 aromatic carbocycles. The third-order valence-corrected chi connectivity index (χ3v) is 2.22. The minimum Gasteiger partial charge on any atom is -0.465 e. The molecule has 0 saturated carbocycles. The van der Waals surface area contributed by atoms with Gasteiger partial charge in [0.2, 0.25) is 0 Å². The summed E-state index contributed by atoms with van der Waals surface area (Å²) in [4.78, 5) is 19.2. The topological polar surface area (TPSA) is 94.8 Å². The quantitative estimate of drug-likeness (QED) is 0.742. The van der Waals surface area contributed by atoms with Gasteiger partial charge in [0.25, 0.3) is 0 Å². The second-order valence-corrected chi connectivity index (χ2v) is 3.37. The van der Waals surface area contributed by atoms with E-state index in [1.54, 1.807) is 17.1 Å². The van der Waals surface area contributed by atoms with Gasteiger partial charge in [0.05, 0.1) is 19.9 Å². The van der Waals surface area contributed by atoms with Gasteiger partial charge in [0.15, 0.2) is 0 Å². The predicted molar refractivity (Wildman–Crippen MR) is 61.9 cm³/mol. The summed E-state index contributed by atoms with van der Waals surface area (Å²) in [6.07, 6.45) is 6.13. The van der Waals surface area contributed by atoms with Crippen molar-refractivity contribution in [2.75, 3.05) is 19.0 Å². The molecule has 2 rings (SSSR count). The Morgan fingerprint density at radius 2 is 2.44 bits per heavy atom. The summed E-state index contributed by atoms with van der Waals surface area (Å²) in [7, 11) is 1.31. The van der Waals surface area contributed by atoms with Crippen LogP contribution in [-0.4, -0.2) is 44.6 Å². The van der Waals surface area contributed by atoms with Crippen LogP contribution in [0.4, 0.5) is 5.82 Å². The molecule has 0 unspecified atom stereocenters. The predicted octanol–water partition coefficient (Wildman–Crippen LogP) is -0.0332. The maximum absolute atomic E-state index is 11.5. The van der Waals surface area contributed by atoms with Gasteiger partial charge < -0.3 is 10.1 Å². The van der Waals surface area contributed by atoms with E-state index in [1.165, 1.54) is 19.6 Å². The van der Waals surface area contributed by atoms with E-state index >= 15 is 0 Å². The van der Waals surface area contributed by atoms with Crippen LogP contribution in [0.1, 0.15) is 10.4 Å². The number of anilines is 1. The Morgan fingerprint density at radius 1 is 1.56 bits per heavy atom. The molecule has 8 heteroatoms. The lowest BCUT2D eigenvalue weighted by atomic mass is 10.3. The molecule has 2 heterocycles. The van der Waals surface area contributed by atoms with Crippen molar-refractivity contribution in [3.8, 4) is 0 Å². The Hall–Kier alpha value is -2.51. The van der Waals surface area contributed by atoms with Crippen molar-refractivity contribution in [2.45, 2.75) is 6.54 Å². The molecule has 0 radical (unpaired) electrons. The number of esters is 1. The second-order valence-electron chi connectivity index (χ2n) is 3.37. The molecule has 94 valence electrons. The number of carbonyl (C=O) groups excluding carboxylic acids is 1. The maximum atomic E-state index is 11.5. The van der Waals surface area contributed by atoms with Gasteiger partial charge in [-0.1, -0.05) is 5.21 Å². The first-order chi connectivity index (χ1) is 8.81. The van der Waals surface area contributed by atoms with Crippen molar-refractivity contribution in [3.63, 3.8) is 0 Å². The molecule has 0 aliphatic rings. The second kappa shape index (κ2) is 5.71. The molecule has 2 aromatic heterocycles. The molecule has 2 aromatic rings. The molecule has 0 saturated heterocycles. The van der Waals surface area contributed by atoms with Crippen LogP contribution in [0, 0.1) is 0 Å². The highest BCUT2D eigenvalue weighted by atomic mass is 16.5. The van der Waals surface area contributed by atoms with Crippen LogP contribution >= 0.6 is 0 Å². The zero-order valence-electron chi connectivity index (χ0n) is 9.78. The number of rotatable bonds is 5. The third-order valence-electron chi connectivity index (χ3n) is 2.22. The van der Waals surface area contributed by atoms with E-state index in [4.69, 9.17) is 0 Å². The Labute approximate surface area is 103 Å². The van der Waals surface area contributed by atoms with E-state index in [2.05, 4.69) is 30.3 Å². The Bertz CT molecular complexity index is 513. The first-order valence-electron chi connectivity index (χ1n) is 5.27. The first-order valence-corrected chi connectivity index (χ1v) is 5.27. The number of hydrogen-bond acceptors (Lipinski definition) is 7. The lowest BCUT2D eigenvalue weighted by molar-refractivity contribution is 0.0601. The molecule has 1 N–H and O–H groups in total. The summed E-state index contributed by atoms with van der Waals surface area (Å²) in [5.74, 6) is -0.0316. The van der Waals surface area contributed by atoms with Gasteiger partial charge in [0, 0.05) is 18.9 Å². The van der Waals surface area contributed by atoms with Gasteiger partial charge in [-0.25, -0.2) is 14.8 Å². The Kier molecular flexibility index (Phi) is 3.79. The summed E-state index contributed by atoms with van der Waals surface area (Å²) in [6, 6.07) is 0. The number of ether oxygens (including phenoxy) is 1. The van der Waals surface area contributed by atoms with Gasteiger partial charge >= 0.3 is 5.97 Å². The minimum atomic E-state index is -0.473. The number of methoxy groups -OCH3 is 1. The molecular weight excluding hydrogens is 236 g/mol. The summed E-state index contributed by atoms with van der Waals surface area (Å²) < 4.78 is 6.32. The van der Waals surface area contributed by atoms with E-state index in [0.717, 1.165) is 0 Å². The summed E-state index contributed by atoms with van der Waals surface area (Å²) in [5, 5.41) is 10.5. The maximum Gasteiger partial charge on any atom is 0.343 e. The zero-order chi connectivity index (χ0) is 12.8. The normalized spacial score (nSPS) is 10.1. The molecule has 0 atom stereocenters. The SMILES string of the molecule is COC(=O)c1cncnc1NCCn1ccnn1.